The molecule has 1 aliphatic rings. The van der Waals surface area contributed by atoms with Gasteiger partial charge in [0.05, 0.1) is 0 Å². The van der Waals surface area contributed by atoms with Crippen LogP contribution >= 0.6 is 35.4 Å². The zero-order chi connectivity index (χ0) is 18.5. The van der Waals surface area contributed by atoms with Crippen LogP contribution in [0.25, 0.3) is 0 Å². The number of nitrogens with one attached hydrogen (secondary N) is 2. The lowest BCUT2D eigenvalue weighted by molar-refractivity contribution is 0.481. The summed E-state index contributed by atoms with van der Waals surface area (Å²) < 4.78 is 0. The topological polar surface area (TPSA) is 53.1 Å². The Morgan fingerprint density at radius 3 is 2.73 bits per heavy atom. The van der Waals surface area contributed by atoms with Crippen LogP contribution in [0.4, 0.5) is 11.8 Å². The zero-order valence-corrected chi connectivity index (χ0v) is 16.8. The summed E-state index contributed by atoms with van der Waals surface area (Å²) in [6.07, 6.45) is 3.57. The van der Waals surface area contributed by atoms with Crippen LogP contribution in [-0.2, 0) is 6.54 Å². The van der Waals surface area contributed by atoms with Crippen molar-refractivity contribution in [2.24, 2.45) is 0 Å². The van der Waals surface area contributed by atoms with Crippen LogP contribution in [0, 0.1) is 0 Å². The second kappa shape index (κ2) is 8.84. The molecule has 1 saturated heterocycles. The van der Waals surface area contributed by atoms with E-state index in [0.29, 0.717) is 33.8 Å². The molecule has 0 bridgehead atoms. The van der Waals surface area contributed by atoms with Gasteiger partial charge >= 0.3 is 0 Å². The van der Waals surface area contributed by atoms with Gasteiger partial charge in [-0.25, -0.2) is 4.98 Å². The first-order valence-electron chi connectivity index (χ1n) is 8.62. The fraction of sp³-hybridized carbons (Fsp3) is 0.389. The number of benzene rings is 1. The van der Waals surface area contributed by atoms with Crippen LogP contribution < -0.4 is 15.5 Å². The molecule has 1 fully saturated rings. The van der Waals surface area contributed by atoms with Gasteiger partial charge in [0, 0.05) is 30.2 Å². The van der Waals surface area contributed by atoms with E-state index < -0.39 is 0 Å². The van der Waals surface area contributed by atoms with Crippen molar-refractivity contribution in [2.75, 3.05) is 16.8 Å². The van der Waals surface area contributed by atoms with E-state index in [4.69, 9.17) is 35.4 Å². The molecule has 26 heavy (non-hydrogen) atoms. The first kappa shape index (κ1) is 19.1. The van der Waals surface area contributed by atoms with E-state index in [2.05, 4.69) is 32.4 Å². The van der Waals surface area contributed by atoms with Crippen molar-refractivity contribution in [3.8, 4) is 0 Å². The second-order valence-corrected chi connectivity index (χ2v) is 7.58. The molecule has 138 valence electrons. The Bertz CT molecular complexity index is 769. The number of anilines is 2. The molecule has 0 aliphatic carbocycles. The summed E-state index contributed by atoms with van der Waals surface area (Å²) in [5.41, 5.74) is 1.08. The number of hydrogen-bond donors (Lipinski definition) is 2. The average molecular weight is 410 g/mol. The molecular formula is C18H21Cl2N5S. The minimum Gasteiger partial charge on any atom is -0.358 e. The van der Waals surface area contributed by atoms with Crippen molar-refractivity contribution in [1.82, 2.24) is 15.3 Å². The molecule has 2 aromatic rings. The molecule has 0 amide bonds. The van der Waals surface area contributed by atoms with Crippen molar-refractivity contribution < 1.29 is 0 Å². The van der Waals surface area contributed by atoms with Gasteiger partial charge in [-0.05, 0) is 56.1 Å². The number of rotatable bonds is 4. The maximum Gasteiger partial charge on any atom is 0.232 e. The molecule has 0 spiro atoms. The molecule has 2 heterocycles. The molecular weight excluding hydrogens is 389 g/mol. The van der Waals surface area contributed by atoms with Crippen molar-refractivity contribution in [1.29, 1.82) is 0 Å². The Balaban J connectivity index is 1.63. The fourth-order valence-electron chi connectivity index (χ4n) is 2.98. The van der Waals surface area contributed by atoms with Gasteiger partial charge in [0.15, 0.2) is 5.11 Å². The average Bonchev–Trinajstić information content (AvgIpc) is 2.61. The van der Waals surface area contributed by atoms with Gasteiger partial charge in [0.2, 0.25) is 5.95 Å². The highest BCUT2D eigenvalue weighted by Gasteiger charge is 2.21. The summed E-state index contributed by atoms with van der Waals surface area (Å²) in [4.78, 5) is 11.1. The van der Waals surface area contributed by atoms with Crippen molar-refractivity contribution in [2.45, 2.75) is 38.8 Å². The molecule has 0 unspecified atom stereocenters. The monoisotopic (exact) mass is 409 g/mol. The van der Waals surface area contributed by atoms with Gasteiger partial charge in [0.1, 0.15) is 11.0 Å². The number of nitrogens with zero attached hydrogens (tertiary/aromatic N) is 3. The number of thiocarbonyl (C=S) groups is 1. The van der Waals surface area contributed by atoms with Crippen LogP contribution in [0.5, 0.6) is 0 Å². The lowest BCUT2D eigenvalue weighted by atomic mass is 10.0. The van der Waals surface area contributed by atoms with Gasteiger partial charge < -0.3 is 15.5 Å². The summed E-state index contributed by atoms with van der Waals surface area (Å²) in [6, 6.07) is 9.84. The van der Waals surface area contributed by atoms with Crippen LogP contribution in [0.3, 0.4) is 0 Å². The number of piperidine rings is 1. The summed E-state index contributed by atoms with van der Waals surface area (Å²) >= 11 is 17.4. The Morgan fingerprint density at radius 2 is 2.00 bits per heavy atom. The van der Waals surface area contributed by atoms with Crippen LogP contribution in [0.15, 0.2) is 30.3 Å². The van der Waals surface area contributed by atoms with Gasteiger partial charge in [0.25, 0.3) is 0 Å². The normalized spacial score (nSPS) is 17.0. The number of hydrogen-bond acceptors (Lipinski definition) is 4. The standard InChI is InChI=1S/C18H21Cl2N5S/c1-12-4-2-3-9-25(12)16-10-15(20)22-17(23-16)24-18(26)21-11-13-5-7-14(19)8-6-13/h5-8,10,12H,2-4,9,11H2,1H3,(H2,21,22,23,24,26)/t12-/m1/s1. The smallest absolute Gasteiger partial charge is 0.232 e. The third kappa shape index (κ3) is 5.19. The molecule has 5 nitrogen and oxygen atoms in total. The molecule has 3 rings (SSSR count). The summed E-state index contributed by atoms with van der Waals surface area (Å²) in [5, 5.41) is 7.71. The summed E-state index contributed by atoms with van der Waals surface area (Å²) in [7, 11) is 0. The van der Waals surface area contributed by atoms with E-state index in [1.54, 1.807) is 6.07 Å². The van der Waals surface area contributed by atoms with Crippen molar-refractivity contribution in [3.05, 3.63) is 46.1 Å². The Morgan fingerprint density at radius 1 is 1.23 bits per heavy atom. The highest BCUT2D eigenvalue weighted by Crippen LogP contribution is 2.25. The third-order valence-corrected chi connectivity index (χ3v) is 5.06. The van der Waals surface area contributed by atoms with E-state index in [-0.39, 0.29) is 0 Å². The summed E-state index contributed by atoms with van der Waals surface area (Å²) in [5.74, 6) is 1.24. The molecule has 2 N–H and O–H groups in total. The van der Waals surface area contributed by atoms with E-state index in [0.717, 1.165) is 30.8 Å². The van der Waals surface area contributed by atoms with Gasteiger partial charge in [-0.1, -0.05) is 35.3 Å². The van der Waals surface area contributed by atoms with E-state index >= 15 is 0 Å². The summed E-state index contributed by atoms with van der Waals surface area (Å²) in [6.45, 7) is 3.77. The first-order chi connectivity index (χ1) is 12.5. The van der Waals surface area contributed by atoms with Gasteiger partial charge in [-0.15, -0.1) is 0 Å². The molecule has 1 atom stereocenters. The largest absolute Gasteiger partial charge is 0.358 e. The predicted octanol–water partition coefficient (Wildman–Crippen LogP) is 4.65. The molecule has 0 radical (unpaired) electrons. The van der Waals surface area contributed by atoms with Crippen molar-refractivity contribution >= 4 is 52.3 Å². The van der Waals surface area contributed by atoms with Crippen LogP contribution in [-0.4, -0.2) is 27.7 Å². The minimum atomic E-state index is 0.399. The van der Waals surface area contributed by atoms with Gasteiger partial charge in [-0.2, -0.15) is 4.98 Å². The van der Waals surface area contributed by atoms with Crippen LogP contribution in [0.2, 0.25) is 10.2 Å². The molecule has 1 aromatic heterocycles. The quantitative estimate of drug-likeness (QED) is 0.566. The van der Waals surface area contributed by atoms with Crippen LogP contribution in [0.1, 0.15) is 31.7 Å². The van der Waals surface area contributed by atoms with E-state index in [9.17, 15) is 0 Å². The second-order valence-electron chi connectivity index (χ2n) is 6.34. The first-order valence-corrected chi connectivity index (χ1v) is 9.78. The highest BCUT2D eigenvalue weighted by atomic mass is 35.5. The maximum atomic E-state index is 6.19. The lowest BCUT2D eigenvalue weighted by Crippen LogP contribution is -2.38. The Kier molecular flexibility index (Phi) is 6.51. The lowest BCUT2D eigenvalue weighted by Gasteiger charge is -2.34. The molecule has 1 aromatic carbocycles. The number of halogens is 2. The molecule has 1 aliphatic heterocycles. The Hall–Kier alpha value is -1.63. The zero-order valence-electron chi connectivity index (χ0n) is 14.5. The predicted molar refractivity (Wildman–Crippen MR) is 112 cm³/mol. The van der Waals surface area contributed by atoms with Gasteiger partial charge in [-0.3, -0.25) is 0 Å². The molecule has 8 heteroatoms. The van der Waals surface area contributed by atoms with Crippen molar-refractivity contribution in [3.63, 3.8) is 0 Å². The number of aromatic nitrogens is 2. The highest BCUT2D eigenvalue weighted by molar-refractivity contribution is 7.80. The van der Waals surface area contributed by atoms with E-state index in [1.165, 1.54) is 6.42 Å². The third-order valence-electron chi connectivity index (χ3n) is 4.37. The SMILES string of the molecule is C[C@@H]1CCCCN1c1cc(Cl)nc(NC(=S)NCc2ccc(Cl)cc2)n1. The van der Waals surface area contributed by atoms with E-state index in [1.807, 2.05) is 24.3 Å². The fourth-order valence-corrected chi connectivity index (χ4v) is 3.44. The maximum absolute atomic E-state index is 6.19. The molecule has 0 saturated carbocycles. The Labute approximate surface area is 169 Å². The minimum absolute atomic E-state index is 0.399.